The number of carboxylic acid groups (broad SMARTS) is 1. The number of carbonyl (C=O) groups excluding carboxylic acids is 1. The first-order valence-electron chi connectivity index (χ1n) is 6.49. The summed E-state index contributed by atoms with van der Waals surface area (Å²) in [7, 11) is 1.40. The molecule has 0 aliphatic carbocycles. The van der Waals surface area contributed by atoms with Crippen LogP contribution in [0, 0.1) is 0 Å². The van der Waals surface area contributed by atoms with Crippen molar-refractivity contribution in [2.45, 2.75) is 19.8 Å². The highest BCUT2D eigenvalue weighted by molar-refractivity contribution is 9.10. The van der Waals surface area contributed by atoms with Gasteiger partial charge in [-0.2, -0.15) is 0 Å². The third-order valence-electron chi connectivity index (χ3n) is 2.68. The van der Waals surface area contributed by atoms with Crippen LogP contribution in [0.1, 0.15) is 30.1 Å². The van der Waals surface area contributed by atoms with Crippen LogP contribution in [0.4, 0.5) is 0 Å². The maximum Gasteiger partial charge on any atom is 0.335 e. The number of carbonyl (C=O) groups is 2. The lowest BCUT2D eigenvalue weighted by Gasteiger charge is -2.13. The summed E-state index contributed by atoms with van der Waals surface area (Å²) in [6, 6.07) is 2.74. The number of hydrogen-bond donors (Lipinski definition) is 2. The number of ether oxygens (including phenoxy) is 2. The summed E-state index contributed by atoms with van der Waals surface area (Å²) in [5, 5.41) is 11.7. The van der Waals surface area contributed by atoms with Gasteiger partial charge in [0.1, 0.15) is 0 Å². The molecule has 2 N–H and O–H groups in total. The molecule has 0 radical (unpaired) electrons. The van der Waals surface area contributed by atoms with Crippen molar-refractivity contribution in [2.24, 2.45) is 0 Å². The molecule has 0 spiro atoms. The lowest BCUT2D eigenvalue weighted by molar-refractivity contribution is -0.123. The minimum absolute atomic E-state index is 0.0680. The fourth-order valence-corrected chi connectivity index (χ4v) is 2.13. The fraction of sp³-hybridized carbons (Fsp3) is 0.429. The van der Waals surface area contributed by atoms with Crippen molar-refractivity contribution < 1.29 is 24.2 Å². The number of halogens is 1. The number of hydrogen-bond acceptors (Lipinski definition) is 4. The normalized spacial score (nSPS) is 10.0. The van der Waals surface area contributed by atoms with Gasteiger partial charge in [0.15, 0.2) is 18.1 Å². The third-order valence-corrected chi connectivity index (χ3v) is 3.27. The Morgan fingerprint density at radius 2 is 2.10 bits per heavy atom. The number of rotatable bonds is 8. The maximum absolute atomic E-state index is 11.6. The van der Waals surface area contributed by atoms with E-state index in [2.05, 4.69) is 21.2 Å². The molecule has 0 atom stereocenters. The van der Waals surface area contributed by atoms with Crippen molar-refractivity contribution >= 4 is 27.8 Å². The van der Waals surface area contributed by atoms with Crippen molar-refractivity contribution in [2.75, 3.05) is 20.3 Å². The highest BCUT2D eigenvalue weighted by Crippen LogP contribution is 2.36. The van der Waals surface area contributed by atoms with Gasteiger partial charge in [-0.25, -0.2) is 4.79 Å². The van der Waals surface area contributed by atoms with Gasteiger partial charge >= 0.3 is 5.97 Å². The van der Waals surface area contributed by atoms with E-state index in [1.54, 1.807) is 0 Å². The topological polar surface area (TPSA) is 84.9 Å². The first-order valence-corrected chi connectivity index (χ1v) is 7.29. The zero-order valence-corrected chi connectivity index (χ0v) is 13.5. The van der Waals surface area contributed by atoms with Gasteiger partial charge in [0.2, 0.25) is 0 Å². The molecule has 0 fully saturated rings. The lowest BCUT2D eigenvalue weighted by Crippen LogP contribution is -2.29. The van der Waals surface area contributed by atoms with E-state index in [1.807, 2.05) is 6.92 Å². The molecule has 6 nitrogen and oxygen atoms in total. The summed E-state index contributed by atoms with van der Waals surface area (Å²) >= 11 is 3.22. The highest BCUT2D eigenvalue weighted by Gasteiger charge is 2.16. The van der Waals surface area contributed by atoms with E-state index in [1.165, 1.54) is 19.2 Å². The minimum atomic E-state index is -1.07. The Labute approximate surface area is 131 Å². The van der Waals surface area contributed by atoms with E-state index >= 15 is 0 Å². The van der Waals surface area contributed by atoms with E-state index in [9.17, 15) is 9.59 Å². The molecular formula is C14H18BrNO5. The van der Waals surface area contributed by atoms with Crippen molar-refractivity contribution in [3.8, 4) is 11.5 Å². The molecule has 1 rings (SSSR count). The third kappa shape index (κ3) is 5.26. The second kappa shape index (κ2) is 8.51. The molecule has 0 saturated carbocycles. The molecular weight excluding hydrogens is 342 g/mol. The molecule has 7 heteroatoms. The molecule has 1 aromatic rings. The molecule has 116 valence electrons. The number of amides is 1. The largest absolute Gasteiger partial charge is 0.493 e. The smallest absolute Gasteiger partial charge is 0.335 e. The average molecular weight is 360 g/mol. The summed E-state index contributed by atoms with van der Waals surface area (Å²) in [5.41, 5.74) is 0.0680. The van der Waals surface area contributed by atoms with Gasteiger partial charge in [0.05, 0.1) is 17.1 Å². The van der Waals surface area contributed by atoms with Crippen LogP contribution in [0.25, 0.3) is 0 Å². The standard InChI is InChI=1S/C14H18BrNO5/c1-3-4-5-16-12(17)8-21-13-10(15)6-9(14(18)19)7-11(13)20-2/h6-7H,3-5,8H2,1-2H3,(H,16,17)(H,18,19). The molecule has 0 unspecified atom stereocenters. The molecule has 0 aromatic heterocycles. The van der Waals surface area contributed by atoms with Gasteiger partial charge in [0, 0.05) is 6.54 Å². The molecule has 0 aliphatic rings. The van der Waals surface area contributed by atoms with Crippen LogP contribution in [-0.2, 0) is 4.79 Å². The molecule has 0 heterocycles. The number of aromatic carboxylic acids is 1. The average Bonchev–Trinajstić information content (AvgIpc) is 2.45. The number of benzene rings is 1. The zero-order valence-electron chi connectivity index (χ0n) is 11.9. The highest BCUT2D eigenvalue weighted by atomic mass is 79.9. The predicted octanol–water partition coefficient (Wildman–Crippen LogP) is 2.45. The molecule has 0 aliphatic heterocycles. The molecule has 0 saturated heterocycles. The van der Waals surface area contributed by atoms with Crippen LogP contribution >= 0.6 is 15.9 Å². The van der Waals surface area contributed by atoms with Gasteiger partial charge in [0.25, 0.3) is 5.91 Å². The Kier molecular flexibility index (Phi) is 7.01. The Balaban J connectivity index is 2.74. The number of nitrogens with one attached hydrogen (secondary N) is 1. The Hall–Kier alpha value is -1.76. The minimum Gasteiger partial charge on any atom is -0.493 e. The van der Waals surface area contributed by atoms with E-state index in [0.29, 0.717) is 16.8 Å². The summed E-state index contributed by atoms with van der Waals surface area (Å²) < 4.78 is 10.9. The lowest BCUT2D eigenvalue weighted by atomic mass is 10.2. The van der Waals surface area contributed by atoms with Crippen LogP contribution in [0.15, 0.2) is 16.6 Å². The van der Waals surface area contributed by atoms with Crippen molar-refractivity contribution in [1.29, 1.82) is 0 Å². The monoisotopic (exact) mass is 359 g/mol. The number of carboxylic acids is 1. The van der Waals surface area contributed by atoms with E-state index in [0.717, 1.165) is 12.8 Å². The number of methoxy groups -OCH3 is 1. The summed E-state index contributed by atoms with van der Waals surface area (Å²) in [5.74, 6) is -0.756. The van der Waals surface area contributed by atoms with Crippen LogP contribution in [0.5, 0.6) is 11.5 Å². The summed E-state index contributed by atoms with van der Waals surface area (Å²) in [6.07, 6.45) is 1.91. The second-order valence-corrected chi connectivity index (χ2v) is 5.14. The van der Waals surface area contributed by atoms with Gasteiger partial charge in [-0.1, -0.05) is 13.3 Å². The van der Waals surface area contributed by atoms with E-state index in [4.69, 9.17) is 14.6 Å². The Morgan fingerprint density at radius 3 is 2.67 bits per heavy atom. The van der Waals surface area contributed by atoms with Crippen molar-refractivity contribution in [3.05, 3.63) is 22.2 Å². The van der Waals surface area contributed by atoms with Crippen LogP contribution in [0.2, 0.25) is 0 Å². The fourth-order valence-electron chi connectivity index (χ4n) is 1.58. The first-order chi connectivity index (χ1) is 9.99. The van der Waals surface area contributed by atoms with Gasteiger partial charge in [-0.3, -0.25) is 4.79 Å². The zero-order chi connectivity index (χ0) is 15.8. The van der Waals surface area contributed by atoms with Crippen LogP contribution < -0.4 is 14.8 Å². The van der Waals surface area contributed by atoms with Crippen molar-refractivity contribution in [1.82, 2.24) is 5.32 Å². The van der Waals surface area contributed by atoms with Gasteiger partial charge in [-0.05, 0) is 34.5 Å². The van der Waals surface area contributed by atoms with Gasteiger partial charge < -0.3 is 19.9 Å². The Bertz CT molecular complexity index is 518. The van der Waals surface area contributed by atoms with Crippen molar-refractivity contribution in [3.63, 3.8) is 0 Å². The maximum atomic E-state index is 11.6. The second-order valence-electron chi connectivity index (χ2n) is 4.29. The van der Waals surface area contributed by atoms with Gasteiger partial charge in [-0.15, -0.1) is 0 Å². The quantitative estimate of drug-likeness (QED) is 0.696. The van der Waals surface area contributed by atoms with E-state index < -0.39 is 5.97 Å². The molecule has 1 aromatic carbocycles. The summed E-state index contributed by atoms with van der Waals surface area (Å²) in [4.78, 5) is 22.6. The summed E-state index contributed by atoms with van der Waals surface area (Å²) in [6.45, 7) is 2.48. The predicted molar refractivity (Wildman–Crippen MR) is 81.1 cm³/mol. The van der Waals surface area contributed by atoms with E-state index in [-0.39, 0.29) is 23.8 Å². The Morgan fingerprint density at radius 1 is 1.38 bits per heavy atom. The first kappa shape index (κ1) is 17.3. The van der Waals surface area contributed by atoms with Crippen LogP contribution in [-0.4, -0.2) is 37.2 Å². The molecule has 21 heavy (non-hydrogen) atoms. The SMILES string of the molecule is CCCCNC(=O)COc1c(Br)cc(C(=O)O)cc1OC. The number of unbranched alkanes of at least 4 members (excludes halogenated alkanes) is 1. The van der Waals surface area contributed by atoms with Crippen LogP contribution in [0.3, 0.4) is 0 Å². The molecule has 0 bridgehead atoms. The molecule has 1 amide bonds.